The number of hydrogen-bond donors (Lipinski definition) is 1. The Labute approximate surface area is 222 Å². The zero-order chi connectivity index (χ0) is 27.2. The largest absolute Gasteiger partial charge is 0.493 e. The average Bonchev–Trinajstić information content (AvgIpc) is 3.39. The van der Waals surface area contributed by atoms with E-state index >= 15 is 0 Å². The lowest BCUT2D eigenvalue weighted by molar-refractivity contribution is 0.0914. The highest BCUT2D eigenvalue weighted by molar-refractivity contribution is 7.17. The standard InChI is InChI=1S/C28H26FNO7S/c1-34-24-13-16(7-10-23(24)37-12-11-31)21(32)8-9-22(33)20-14-25(35-2)27(36-3)26(30-20)18-15-38-28-17(18)5-4-6-19(28)29/h4-7,10,13-15,31H,8-9,11-12H2,1-3H3. The summed E-state index contributed by atoms with van der Waals surface area (Å²) in [6.07, 6.45) is -0.151. The van der Waals surface area contributed by atoms with Crippen LogP contribution in [0.4, 0.5) is 4.39 Å². The maximum absolute atomic E-state index is 14.3. The molecule has 0 radical (unpaired) electrons. The monoisotopic (exact) mass is 539 g/mol. The Morgan fingerprint density at radius 2 is 1.71 bits per heavy atom. The Kier molecular flexibility index (Phi) is 8.55. The second-order valence-electron chi connectivity index (χ2n) is 8.14. The van der Waals surface area contributed by atoms with Crippen molar-refractivity contribution in [2.24, 2.45) is 0 Å². The van der Waals surface area contributed by atoms with Crippen molar-refractivity contribution in [2.45, 2.75) is 12.8 Å². The zero-order valence-electron chi connectivity index (χ0n) is 21.1. The topological polar surface area (TPSA) is 104 Å². The molecule has 0 aliphatic carbocycles. The summed E-state index contributed by atoms with van der Waals surface area (Å²) in [5, 5.41) is 11.4. The summed E-state index contributed by atoms with van der Waals surface area (Å²) in [4.78, 5) is 30.5. The Hall–Kier alpha value is -4.02. The molecule has 0 fully saturated rings. The highest BCUT2D eigenvalue weighted by Gasteiger charge is 2.23. The van der Waals surface area contributed by atoms with Gasteiger partial charge in [-0.1, -0.05) is 12.1 Å². The van der Waals surface area contributed by atoms with Crippen LogP contribution < -0.4 is 18.9 Å². The van der Waals surface area contributed by atoms with Crippen molar-refractivity contribution < 1.29 is 38.0 Å². The summed E-state index contributed by atoms with van der Waals surface area (Å²) in [5.74, 6) is 0.399. The second kappa shape index (κ2) is 12.0. The number of aromatic nitrogens is 1. The van der Waals surface area contributed by atoms with Crippen molar-refractivity contribution in [1.29, 1.82) is 0 Å². The minimum atomic E-state index is -0.360. The van der Waals surface area contributed by atoms with E-state index in [0.717, 1.165) is 0 Å². The number of aliphatic hydroxyl groups excluding tert-OH is 1. The quantitative estimate of drug-likeness (QED) is 0.241. The van der Waals surface area contributed by atoms with Crippen LogP contribution in [0.2, 0.25) is 0 Å². The van der Waals surface area contributed by atoms with E-state index in [-0.39, 0.29) is 49.1 Å². The Morgan fingerprint density at radius 3 is 2.42 bits per heavy atom. The number of carbonyl (C=O) groups is 2. The molecule has 2 aromatic carbocycles. The van der Waals surface area contributed by atoms with Gasteiger partial charge in [0, 0.05) is 40.8 Å². The van der Waals surface area contributed by atoms with E-state index in [0.29, 0.717) is 49.9 Å². The summed E-state index contributed by atoms with van der Waals surface area (Å²) >= 11 is 1.23. The lowest BCUT2D eigenvalue weighted by Crippen LogP contribution is -2.09. The molecule has 38 heavy (non-hydrogen) atoms. The molecule has 10 heteroatoms. The minimum absolute atomic E-state index is 0.0587. The molecular formula is C28H26FNO7S. The lowest BCUT2D eigenvalue weighted by atomic mass is 10.0. The number of thiophene rings is 1. The van der Waals surface area contributed by atoms with Crippen LogP contribution in [0, 0.1) is 5.82 Å². The van der Waals surface area contributed by atoms with E-state index in [4.69, 9.17) is 24.1 Å². The first kappa shape index (κ1) is 27.0. The molecule has 0 amide bonds. The predicted octanol–water partition coefficient (Wildman–Crippen LogP) is 5.35. The molecular weight excluding hydrogens is 513 g/mol. The van der Waals surface area contributed by atoms with Gasteiger partial charge in [0.1, 0.15) is 23.8 Å². The molecule has 0 unspecified atom stereocenters. The molecule has 8 nitrogen and oxygen atoms in total. The van der Waals surface area contributed by atoms with Crippen LogP contribution in [-0.4, -0.2) is 56.2 Å². The third kappa shape index (κ3) is 5.46. The number of ketones is 2. The molecule has 0 aliphatic heterocycles. The molecule has 0 saturated heterocycles. The number of ether oxygens (including phenoxy) is 4. The third-order valence-corrected chi connectivity index (χ3v) is 6.87. The van der Waals surface area contributed by atoms with E-state index < -0.39 is 0 Å². The summed E-state index contributed by atoms with van der Waals surface area (Å²) < 4.78 is 36.5. The van der Waals surface area contributed by atoms with Gasteiger partial charge in [-0.05, 0) is 24.3 Å². The van der Waals surface area contributed by atoms with Gasteiger partial charge in [-0.25, -0.2) is 9.37 Å². The molecule has 0 atom stereocenters. The maximum atomic E-state index is 14.3. The fraction of sp³-hybridized carbons (Fsp3) is 0.250. The molecule has 4 rings (SSSR count). The van der Waals surface area contributed by atoms with E-state index in [1.807, 2.05) is 0 Å². The molecule has 2 aromatic heterocycles. The van der Waals surface area contributed by atoms with Crippen molar-refractivity contribution in [3.8, 4) is 34.3 Å². The maximum Gasteiger partial charge on any atom is 0.187 e. The first-order valence-electron chi connectivity index (χ1n) is 11.7. The van der Waals surface area contributed by atoms with Gasteiger partial charge < -0.3 is 24.1 Å². The van der Waals surface area contributed by atoms with Gasteiger partial charge in [0.2, 0.25) is 0 Å². The minimum Gasteiger partial charge on any atom is -0.493 e. The number of pyridine rings is 1. The predicted molar refractivity (Wildman–Crippen MR) is 142 cm³/mol. The summed E-state index contributed by atoms with van der Waals surface area (Å²) in [5.41, 5.74) is 1.42. The number of aliphatic hydroxyl groups is 1. The van der Waals surface area contributed by atoms with Crippen molar-refractivity contribution in [1.82, 2.24) is 4.98 Å². The van der Waals surface area contributed by atoms with Crippen molar-refractivity contribution >= 4 is 33.0 Å². The zero-order valence-corrected chi connectivity index (χ0v) is 21.9. The lowest BCUT2D eigenvalue weighted by Gasteiger charge is -2.14. The normalized spacial score (nSPS) is 10.9. The molecule has 198 valence electrons. The second-order valence-corrected chi connectivity index (χ2v) is 9.02. The highest BCUT2D eigenvalue weighted by atomic mass is 32.1. The van der Waals surface area contributed by atoms with Gasteiger partial charge in [0.05, 0.1) is 32.6 Å². The van der Waals surface area contributed by atoms with Crippen LogP contribution in [0.5, 0.6) is 23.0 Å². The van der Waals surface area contributed by atoms with Crippen LogP contribution in [0.1, 0.15) is 33.7 Å². The van der Waals surface area contributed by atoms with Crippen LogP contribution in [0.15, 0.2) is 47.8 Å². The number of carbonyl (C=O) groups excluding carboxylic acids is 2. The van der Waals surface area contributed by atoms with Crippen molar-refractivity contribution in [2.75, 3.05) is 34.5 Å². The molecule has 1 N–H and O–H groups in total. The van der Waals surface area contributed by atoms with E-state index in [1.54, 1.807) is 29.6 Å². The molecule has 0 saturated carbocycles. The molecule has 2 heterocycles. The van der Waals surface area contributed by atoms with Crippen LogP contribution in [-0.2, 0) is 0 Å². The first-order valence-corrected chi connectivity index (χ1v) is 12.6. The van der Waals surface area contributed by atoms with Crippen molar-refractivity contribution in [3.05, 3.63) is 64.9 Å². The molecule has 0 aliphatic rings. The first-order chi connectivity index (χ1) is 18.4. The number of benzene rings is 2. The number of methoxy groups -OCH3 is 3. The van der Waals surface area contributed by atoms with Gasteiger partial charge in [0.25, 0.3) is 0 Å². The van der Waals surface area contributed by atoms with Gasteiger partial charge >= 0.3 is 0 Å². The van der Waals surface area contributed by atoms with Crippen LogP contribution >= 0.6 is 11.3 Å². The Bertz CT molecular complexity index is 1480. The number of fused-ring (bicyclic) bond motifs is 1. The Morgan fingerprint density at radius 1 is 0.947 bits per heavy atom. The van der Waals surface area contributed by atoms with E-state index in [9.17, 15) is 14.0 Å². The smallest absolute Gasteiger partial charge is 0.187 e. The SMILES string of the molecule is COc1cc(C(=O)CCC(=O)c2cc(OC)c(OC)c(-c3csc4c(F)cccc34)n2)ccc1OCCO. The molecule has 0 bridgehead atoms. The van der Waals surface area contributed by atoms with Gasteiger partial charge in [-0.2, -0.15) is 0 Å². The van der Waals surface area contributed by atoms with E-state index in [2.05, 4.69) is 4.98 Å². The number of nitrogens with zero attached hydrogens (tertiary/aromatic N) is 1. The summed E-state index contributed by atoms with van der Waals surface area (Å²) in [6, 6.07) is 10.9. The van der Waals surface area contributed by atoms with Crippen LogP contribution in [0.25, 0.3) is 21.3 Å². The average molecular weight is 540 g/mol. The number of Topliss-reactive ketones (excluding diaryl/α,β-unsaturated/α-hetero) is 2. The third-order valence-electron chi connectivity index (χ3n) is 5.87. The fourth-order valence-corrected chi connectivity index (χ4v) is 4.96. The van der Waals surface area contributed by atoms with E-state index in [1.165, 1.54) is 50.9 Å². The number of rotatable bonds is 12. The van der Waals surface area contributed by atoms with Crippen LogP contribution in [0.3, 0.4) is 0 Å². The van der Waals surface area contributed by atoms with Crippen molar-refractivity contribution in [3.63, 3.8) is 0 Å². The number of hydrogen-bond acceptors (Lipinski definition) is 9. The van der Waals surface area contributed by atoms with Gasteiger partial charge in [0.15, 0.2) is 34.6 Å². The molecule has 4 aromatic rings. The summed E-state index contributed by atoms with van der Waals surface area (Å²) in [7, 11) is 4.36. The number of halogens is 1. The highest BCUT2D eigenvalue weighted by Crippen LogP contribution is 2.42. The fourth-order valence-electron chi connectivity index (χ4n) is 4.00. The Balaban J connectivity index is 1.59. The van der Waals surface area contributed by atoms with Gasteiger partial charge in [-0.3, -0.25) is 9.59 Å². The molecule has 0 spiro atoms. The summed E-state index contributed by atoms with van der Waals surface area (Å²) in [6.45, 7) is -0.0635. The van der Waals surface area contributed by atoms with Gasteiger partial charge in [-0.15, -0.1) is 11.3 Å².